The third-order valence-electron chi connectivity index (χ3n) is 8.28. The molecule has 5 aromatic rings. The Labute approximate surface area is 325 Å². The first-order chi connectivity index (χ1) is 25.7. The lowest BCUT2D eigenvalue weighted by atomic mass is 10.0. The highest BCUT2D eigenvalue weighted by Crippen LogP contribution is 2.38. The van der Waals surface area contributed by atoms with Gasteiger partial charge in [0.2, 0.25) is 5.91 Å². The van der Waals surface area contributed by atoms with Crippen molar-refractivity contribution in [3.63, 3.8) is 0 Å². The zero-order valence-electron chi connectivity index (χ0n) is 28.5. The van der Waals surface area contributed by atoms with Crippen molar-refractivity contribution in [3.05, 3.63) is 152 Å². The first-order valence-corrected chi connectivity index (χ1v) is 19.1. The standard InChI is InChI=1S/C40H34Cl2N4O5S2/c1-51-40(50)36-31-17-18-46(22-25-9-4-2-5-10-25)23-34(31)53-39(36)45-35(47)24-52-30-14-8-13-29(21-30)43-38(49)33(19-27-15-16-28(41)20-32(27)42)44-37(48)26-11-6-3-7-12-26/h2-16,19-21H,17-18,22-24H2,1H3,(H,43,49)(H,44,48)(H,45,47)/b33-19+. The van der Waals surface area contributed by atoms with Crippen LogP contribution in [0.15, 0.2) is 114 Å². The van der Waals surface area contributed by atoms with E-state index in [1.807, 2.05) is 24.3 Å². The van der Waals surface area contributed by atoms with Crippen LogP contribution < -0.4 is 16.0 Å². The average molecular weight is 786 g/mol. The number of halogens is 2. The van der Waals surface area contributed by atoms with Crippen molar-refractivity contribution in [1.82, 2.24) is 10.2 Å². The van der Waals surface area contributed by atoms with Crippen molar-refractivity contribution in [1.29, 1.82) is 0 Å². The van der Waals surface area contributed by atoms with Crippen molar-refractivity contribution >= 4 is 86.8 Å². The van der Waals surface area contributed by atoms with E-state index in [9.17, 15) is 19.2 Å². The minimum Gasteiger partial charge on any atom is -0.465 e. The van der Waals surface area contributed by atoms with Crippen LogP contribution in [0.1, 0.15) is 42.3 Å². The number of amides is 3. The first kappa shape index (κ1) is 37.8. The summed E-state index contributed by atoms with van der Waals surface area (Å²) in [5.41, 5.74) is 3.81. The van der Waals surface area contributed by atoms with Crippen LogP contribution in [0.3, 0.4) is 0 Å². The summed E-state index contributed by atoms with van der Waals surface area (Å²) in [6, 6.07) is 30.6. The molecule has 0 unspecified atom stereocenters. The van der Waals surface area contributed by atoms with Gasteiger partial charge in [0.25, 0.3) is 11.8 Å². The number of carbonyl (C=O) groups is 4. The summed E-state index contributed by atoms with van der Waals surface area (Å²) in [5, 5.41) is 9.69. The molecule has 0 atom stereocenters. The van der Waals surface area contributed by atoms with Crippen molar-refractivity contribution in [2.75, 3.05) is 30.0 Å². The summed E-state index contributed by atoms with van der Waals surface area (Å²) < 4.78 is 5.11. The largest absolute Gasteiger partial charge is 0.465 e. The van der Waals surface area contributed by atoms with E-state index in [1.54, 1.807) is 66.7 Å². The lowest BCUT2D eigenvalue weighted by Crippen LogP contribution is -2.30. The molecule has 0 saturated heterocycles. The highest BCUT2D eigenvalue weighted by atomic mass is 35.5. The van der Waals surface area contributed by atoms with Crippen molar-refractivity contribution in [3.8, 4) is 0 Å². The number of nitrogens with zero attached hydrogens (tertiary/aromatic N) is 1. The molecule has 4 aromatic carbocycles. The Morgan fingerprint density at radius 1 is 0.906 bits per heavy atom. The van der Waals surface area contributed by atoms with Gasteiger partial charge in [-0.3, -0.25) is 19.3 Å². The van der Waals surface area contributed by atoms with Crippen molar-refractivity contribution < 1.29 is 23.9 Å². The summed E-state index contributed by atoms with van der Waals surface area (Å²) in [7, 11) is 1.34. The normalized spacial score (nSPS) is 12.8. The Morgan fingerprint density at radius 3 is 2.40 bits per heavy atom. The molecule has 13 heteroatoms. The summed E-state index contributed by atoms with van der Waals surface area (Å²) >= 11 is 15.1. The lowest BCUT2D eigenvalue weighted by Gasteiger charge is -2.27. The number of anilines is 2. The Morgan fingerprint density at radius 2 is 1.66 bits per heavy atom. The maximum atomic E-state index is 13.6. The first-order valence-electron chi connectivity index (χ1n) is 16.5. The topological polar surface area (TPSA) is 117 Å². The molecular weight excluding hydrogens is 752 g/mol. The molecule has 9 nitrogen and oxygen atoms in total. The number of ether oxygens (including phenoxy) is 1. The summed E-state index contributed by atoms with van der Waals surface area (Å²) in [6.07, 6.45) is 2.15. The molecular formula is C40H34Cl2N4O5S2. The fourth-order valence-corrected chi connectivity index (χ4v) is 8.24. The van der Waals surface area contributed by atoms with Gasteiger partial charge in [0.05, 0.1) is 18.4 Å². The number of benzene rings is 4. The third-order valence-corrected chi connectivity index (χ3v) is 11.0. The van der Waals surface area contributed by atoms with E-state index >= 15 is 0 Å². The number of hydrogen-bond acceptors (Lipinski definition) is 8. The van der Waals surface area contributed by atoms with E-state index in [2.05, 4.69) is 33.0 Å². The molecule has 0 bridgehead atoms. The number of esters is 1. The van der Waals surface area contributed by atoms with Gasteiger partial charge in [0.1, 0.15) is 10.7 Å². The fraction of sp³-hybridized carbons (Fsp3) is 0.150. The van der Waals surface area contributed by atoms with Crippen LogP contribution in [0.25, 0.3) is 6.08 Å². The molecule has 1 aromatic heterocycles. The number of thiophene rings is 1. The van der Waals surface area contributed by atoms with Gasteiger partial charge in [-0.1, -0.05) is 83.9 Å². The summed E-state index contributed by atoms with van der Waals surface area (Å²) in [4.78, 5) is 56.8. The minimum absolute atomic E-state index is 0.0382. The van der Waals surface area contributed by atoms with Crippen LogP contribution >= 0.6 is 46.3 Å². The van der Waals surface area contributed by atoms with Gasteiger partial charge in [0.15, 0.2) is 0 Å². The van der Waals surface area contributed by atoms with Gasteiger partial charge in [-0.2, -0.15) is 0 Å². The molecule has 0 fully saturated rings. The molecule has 0 radical (unpaired) electrons. The molecule has 1 aliphatic rings. The summed E-state index contributed by atoms with van der Waals surface area (Å²) in [6.45, 7) is 2.24. The molecule has 270 valence electrons. The Hall–Kier alpha value is -4.91. The second-order valence-corrected chi connectivity index (χ2v) is 15.0. The number of nitrogens with one attached hydrogen (secondary N) is 3. The van der Waals surface area contributed by atoms with Crippen LogP contribution in [-0.2, 0) is 33.8 Å². The number of fused-ring (bicyclic) bond motifs is 1. The van der Waals surface area contributed by atoms with Gasteiger partial charge in [-0.25, -0.2) is 4.79 Å². The van der Waals surface area contributed by atoms with Crippen LogP contribution in [0, 0.1) is 0 Å². The van der Waals surface area contributed by atoms with E-state index in [4.69, 9.17) is 27.9 Å². The lowest BCUT2D eigenvalue weighted by molar-refractivity contribution is -0.114. The SMILES string of the molecule is COC(=O)c1c(NC(=O)CSc2cccc(NC(=O)/C(=C\c3ccc(Cl)cc3Cl)NC(=O)c3ccccc3)c2)sc2c1CCN(Cc1ccccc1)C2. The second-order valence-electron chi connectivity index (χ2n) is 12.0. The monoisotopic (exact) mass is 784 g/mol. The Bertz CT molecular complexity index is 2180. The Kier molecular flexibility index (Phi) is 12.7. The molecule has 0 spiro atoms. The zero-order chi connectivity index (χ0) is 37.3. The highest BCUT2D eigenvalue weighted by Gasteiger charge is 2.29. The van der Waals surface area contributed by atoms with Crippen molar-refractivity contribution in [2.24, 2.45) is 0 Å². The van der Waals surface area contributed by atoms with Crippen LogP contribution in [0.2, 0.25) is 10.0 Å². The highest BCUT2D eigenvalue weighted by molar-refractivity contribution is 8.00. The molecule has 2 heterocycles. The van der Waals surface area contributed by atoms with E-state index in [0.717, 1.165) is 23.5 Å². The number of methoxy groups -OCH3 is 1. The molecule has 0 saturated carbocycles. The van der Waals surface area contributed by atoms with Crippen LogP contribution in [0.4, 0.5) is 10.7 Å². The second kappa shape index (κ2) is 17.7. The molecule has 3 N–H and O–H groups in total. The maximum absolute atomic E-state index is 13.6. The average Bonchev–Trinajstić information content (AvgIpc) is 3.52. The minimum atomic E-state index is -0.584. The number of hydrogen-bond donors (Lipinski definition) is 3. The summed E-state index contributed by atoms with van der Waals surface area (Å²) in [5.74, 6) is -1.77. The van der Waals surface area contributed by atoms with E-state index < -0.39 is 17.8 Å². The fourth-order valence-electron chi connectivity index (χ4n) is 5.73. The molecule has 6 rings (SSSR count). The predicted molar refractivity (Wildman–Crippen MR) is 213 cm³/mol. The van der Waals surface area contributed by atoms with Gasteiger partial charge in [0, 0.05) is 50.7 Å². The molecule has 1 aliphatic heterocycles. The van der Waals surface area contributed by atoms with E-state index in [-0.39, 0.29) is 17.4 Å². The van der Waals surface area contributed by atoms with E-state index in [1.165, 1.54) is 41.8 Å². The smallest absolute Gasteiger partial charge is 0.341 e. The predicted octanol–water partition coefficient (Wildman–Crippen LogP) is 8.54. The number of thioether (sulfide) groups is 1. The van der Waals surface area contributed by atoms with Crippen molar-refractivity contribution in [2.45, 2.75) is 24.4 Å². The van der Waals surface area contributed by atoms with E-state index in [0.29, 0.717) is 55.3 Å². The molecule has 0 aliphatic carbocycles. The number of rotatable bonds is 12. The van der Waals surface area contributed by atoms with Gasteiger partial charge in [-0.15, -0.1) is 23.1 Å². The Balaban J connectivity index is 1.12. The molecule has 53 heavy (non-hydrogen) atoms. The number of carbonyl (C=O) groups excluding carboxylic acids is 4. The van der Waals surface area contributed by atoms with Gasteiger partial charge < -0.3 is 20.7 Å². The van der Waals surface area contributed by atoms with Crippen LogP contribution in [-0.4, -0.2) is 48.0 Å². The van der Waals surface area contributed by atoms with Gasteiger partial charge in [-0.05, 0) is 71.7 Å². The molecule has 3 amide bonds. The third kappa shape index (κ3) is 9.95. The zero-order valence-corrected chi connectivity index (χ0v) is 31.6. The quantitative estimate of drug-likeness (QED) is 0.0660. The van der Waals surface area contributed by atoms with Crippen LogP contribution in [0.5, 0.6) is 0 Å². The van der Waals surface area contributed by atoms with Gasteiger partial charge >= 0.3 is 5.97 Å². The maximum Gasteiger partial charge on any atom is 0.341 e.